The van der Waals surface area contributed by atoms with Crippen molar-refractivity contribution in [3.8, 4) is 0 Å². The highest BCUT2D eigenvalue weighted by Gasteiger charge is 2.38. The van der Waals surface area contributed by atoms with Crippen LogP contribution in [0.5, 0.6) is 0 Å². The van der Waals surface area contributed by atoms with Gasteiger partial charge < -0.3 is 5.32 Å². The molecule has 1 N–H and O–H groups in total. The van der Waals surface area contributed by atoms with Gasteiger partial charge in [-0.3, -0.25) is 0 Å². The van der Waals surface area contributed by atoms with Gasteiger partial charge in [-0.05, 0) is 68.6 Å². The molecule has 3 aliphatic carbocycles. The Morgan fingerprint density at radius 2 is 1.42 bits per heavy atom. The standard InChI is InChI=1S/C18H33N/c1-2-17(9-3-4-10-17)15-19-16-7-13-18(14-8-16)11-5-6-12-18/h16,19H,2-15H2,1H3. The average Bonchev–Trinajstić information content (AvgIpc) is 3.09. The highest BCUT2D eigenvalue weighted by atomic mass is 14.9. The van der Waals surface area contributed by atoms with Crippen molar-refractivity contribution in [1.29, 1.82) is 0 Å². The molecule has 0 heterocycles. The highest BCUT2D eigenvalue weighted by Crippen LogP contribution is 2.49. The van der Waals surface area contributed by atoms with Crippen LogP contribution in [0.1, 0.15) is 90.4 Å². The summed E-state index contributed by atoms with van der Waals surface area (Å²) in [5, 5.41) is 3.96. The Kier molecular flexibility index (Phi) is 4.22. The van der Waals surface area contributed by atoms with Gasteiger partial charge in [0.15, 0.2) is 0 Å². The fourth-order valence-corrected chi connectivity index (χ4v) is 5.20. The number of nitrogens with one attached hydrogen (secondary N) is 1. The van der Waals surface area contributed by atoms with Crippen LogP contribution in [0.15, 0.2) is 0 Å². The number of hydrogen-bond acceptors (Lipinski definition) is 1. The molecule has 19 heavy (non-hydrogen) atoms. The van der Waals surface area contributed by atoms with Crippen molar-refractivity contribution in [2.24, 2.45) is 10.8 Å². The van der Waals surface area contributed by atoms with Crippen LogP contribution in [0, 0.1) is 10.8 Å². The van der Waals surface area contributed by atoms with E-state index in [0.29, 0.717) is 5.41 Å². The van der Waals surface area contributed by atoms with E-state index in [1.807, 2.05) is 0 Å². The third kappa shape index (κ3) is 3.01. The normalized spacial score (nSPS) is 30.2. The molecule has 3 rings (SSSR count). The van der Waals surface area contributed by atoms with Gasteiger partial charge in [-0.2, -0.15) is 0 Å². The Hall–Kier alpha value is -0.0400. The van der Waals surface area contributed by atoms with Gasteiger partial charge in [-0.1, -0.05) is 32.6 Å². The first-order chi connectivity index (χ1) is 9.26. The Bertz CT molecular complexity index is 274. The van der Waals surface area contributed by atoms with Crippen molar-refractivity contribution in [2.45, 2.75) is 96.4 Å². The van der Waals surface area contributed by atoms with Crippen molar-refractivity contribution in [3.63, 3.8) is 0 Å². The summed E-state index contributed by atoms with van der Waals surface area (Å²) in [5.74, 6) is 0. The average molecular weight is 263 g/mol. The highest BCUT2D eigenvalue weighted by molar-refractivity contribution is 4.93. The Labute approximate surface area is 119 Å². The monoisotopic (exact) mass is 263 g/mol. The summed E-state index contributed by atoms with van der Waals surface area (Å²) in [6, 6.07) is 0.843. The molecule has 3 aliphatic rings. The van der Waals surface area contributed by atoms with E-state index in [0.717, 1.165) is 11.5 Å². The molecule has 0 radical (unpaired) electrons. The molecule has 1 heteroatoms. The molecule has 1 nitrogen and oxygen atoms in total. The first-order valence-corrected chi connectivity index (χ1v) is 8.99. The SMILES string of the molecule is CCC1(CNC2CCC3(CCCC3)CC2)CCCC1. The van der Waals surface area contributed by atoms with Crippen LogP contribution >= 0.6 is 0 Å². The fraction of sp³-hybridized carbons (Fsp3) is 1.00. The van der Waals surface area contributed by atoms with Gasteiger partial charge in [0.05, 0.1) is 0 Å². The van der Waals surface area contributed by atoms with Crippen LogP contribution in [-0.4, -0.2) is 12.6 Å². The third-order valence-corrected chi connectivity index (χ3v) is 6.89. The summed E-state index contributed by atoms with van der Waals surface area (Å²) in [4.78, 5) is 0. The Morgan fingerprint density at radius 3 is 2.00 bits per heavy atom. The first kappa shape index (κ1) is 13.9. The van der Waals surface area contributed by atoms with E-state index >= 15 is 0 Å². The maximum atomic E-state index is 3.96. The molecular formula is C18H33N. The molecule has 0 atom stereocenters. The third-order valence-electron chi connectivity index (χ3n) is 6.89. The lowest BCUT2D eigenvalue weighted by Gasteiger charge is -2.39. The first-order valence-electron chi connectivity index (χ1n) is 8.99. The van der Waals surface area contributed by atoms with Gasteiger partial charge in [0.25, 0.3) is 0 Å². The van der Waals surface area contributed by atoms with E-state index in [4.69, 9.17) is 0 Å². The lowest BCUT2D eigenvalue weighted by atomic mass is 9.71. The summed E-state index contributed by atoms with van der Waals surface area (Å²) in [5.41, 5.74) is 1.47. The van der Waals surface area contributed by atoms with E-state index < -0.39 is 0 Å². The minimum atomic E-state index is 0.669. The topological polar surface area (TPSA) is 12.0 Å². The minimum absolute atomic E-state index is 0.669. The molecule has 0 aromatic carbocycles. The van der Waals surface area contributed by atoms with E-state index in [2.05, 4.69) is 12.2 Å². The maximum absolute atomic E-state index is 3.96. The van der Waals surface area contributed by atoms with E-state index in [1.54, 1.807) is 12.8 Å². The molecule has 1 spiro atoms. The van der Waals surface area contributed by atoms with Crippen LogP contribution < -0.4 is 5.32 Å². The molecule has 0 aliphatic heterocycles. The van der Waals surface area contributed by atoms with Crippen molar-refractivity contribution in [3.05, 3.63) is 0 Å². The van der Waals surface area contributed by atoms with Gasteiger partial charge in [-0.25, -0.2) is 0 Å². The summed E-state index contributed by atoms with van der Waals surface area (Å²) in [7, 11) is 0. The van der Waals surface area contributed by atoms with Crippen LogP contribution in [0.25, 0.3) is 0 Å². The second-order valence-electron chi connectivity index (χ2n) is 7.92. The predicted molar refractivity (Wildman–Crippen MR) is 82.4 cm³/mol. The van der Waals surface area contributed by atoms with Crippen LogP contribution in [0.2, 0.25) is 0 Å². The molecule has 0 aromatic rings. The van der Waals surface area contributed by atoms with E-state index in [1.165, 1.54) is 77.2 Å². The van der Waals surface area contributed by atoms with Crippen molar-refractivity contribution in [2.75, 3.05) is 6.54 Å². The van der Waals surface area contributed by atoms with Gasteiger partial charge in [0.1, 0.15) is 0 Å². The van der Waals surface area contributed by atoms with Crippen LogP contribution in [0.3, 0.4) is 0 Å². The molecule has 3 fully saturated rings. The summed E-state index contributed by atoms with van der Waals surface area (Å²) >= 11 is 0. The van der Waals surface area contributed by atoms with Gasteiger partial charge in [-0.15, -0.1) is 0 Å². The Balaban J connectivity index is 1.44. The quantitative estimate of drug-likeness (QED) is 0.748. The maximum Gasteiger partial charge on any atom is 0.00677 e. The molecule has 0 bridgehead atoms. The zero-order valence-corrected chi connectivity index (χ0v) is 13.0. The van der Waals surface area contributed by atoms with Crippen molar-refractivity contribution in [1.82, 2.24) is 5.32 Å². The van der Waals surface area contributed by atoms with Gasteiger partial charge in [0.2, 0.25) is 0 Å². The predicted octanol–water partition coefficient (Wildman–Crippen LogP) is 5.05. The van der Waals surface area contributed by atoms with Crippen molar-refractivity contribution < 1.29 is 0 Å². The van der Waals surface area contributed by atoms with E-state index in [9.17, 15) is 0 Å². The number of rotatable bonds is 4. The minimum Gasteiger partial charge on any atom is -0.313 e. The molecule has 0 unspecified atom stereocenters. The fourth-order valence-electron chi connectivity index (χ4n) is 5.20. The molecule has 0 saturated heterocycles. The van der Waals surface area contributed by atoms with Gasteiger partial charge in [0, 0.05) is 12.6 Å². The Morgan fingerprint density at radius 1 is 0.842 bits per heavy atom. The second kappa shape index (κ2) is 5.76. The summed E-state index contributed by atoms with van der Waals surface area (Å²) in [6.07, 6.45) is 19.3. The lowest BCUT2D eigenvalue weighted by Crippen LogP contribution is -2.41. The number of hydrogen-bond donors (Lipinski definition) is 1. The molecule has 3 saturated carbocycles. The lowest BCUT2D eigenvalue weighted by molar-refractivity contribution is 0.156. The molecule has 0 amide bonds. The van der Waals surface area contributed by atoms with Crippen LogP contribution in [-0.2, 0) is 0 Å². The summed E-state index contributed by atoms with van der Waals surface area (Å²) in [6.45, 7) is 3.71. The van der Waals surface area contributed by atoms with Crippen LogP contribution in [0.4, 0.5) is 0 Å². The van der Waals surface area contributed by atoms with Crippen molar-refractivity contribution >= 4 is 0 Å². The largest absolute Gasteiger partial charge is 0.313 e. The second-order valence-corrected chi connectivity index (χ2v) is 7.92. The zero-order chi connectivity index (χ0) is 13.2. The molecule has 110 valence electrons. The molecule has 0 aromatic heterocycles. The van der Waals surface area contributed by atoms with Gasteiger partial charge >= 0.3 is 0 Å². The smallest absolute Gasteiger partial charge is 0.00677 e. The molecular weight excluding hydrogens is 230 g/mol. The zero-order valence-electron chi connectivity index (χ0n) is 13.0. The summed E-state index contributed by atoms with van der Waals surface area (Å²) < 4.78 is 0. The van der Waals surface area contributed by atoms with E-state index in [-0.39, 0.29) is 0 Å².